The van der Waals surface area contributed by atoms with Gasteiger partial charge in [0, 0.05) is 13.5 Å². The van der Waals surface area contributed by atoms with E-state index in [1.54, 1.807) is 12.1 Å². The molecule has 1 fully saturated rings. The van der Waals surface area contributed by atoms with Crippen molar-refractivity contribution in [3.8, 4) is 0 Å². The number of rotatable bonds is 10. The largest absolute Gasteiger partial charge is 0.459 e. The highest BCUT2D eigenvalue weighted by molar-refractivity contribution is 6.74. The summed E-state index contributed by atoms with van der Waals surface area (Å²) in [7, 11) is -0.622. The Hall–Kier alpha value is -2.52. The summed E-state index contributed by atoms with van der Waals surface area (Å²) in [6.45, 7) is 13.1. The average molecular weight is 529 g/mol. The summed E-state index contributed by atoms with van der Waals surface area (Å²) in [5.41, 5.74) is 0.697. The molecule has 37 heavy (non-hydrogen) atoms. The summed E-state index contributed by atoms with van der Waals surface area (Å²) in [6.07, 6.45) is -2.54. The van der Waals surface area contributed by atoms with Crippen molar-refractivity contribution < 1.29 is 33.0 Å². The van der Waals surface area contributed by atoms with Crippen molar-refractivity contribution in [2.45, 2.75) is 82.8 Å². The third-order valence-corrected chi connectivity index (χ3v) is 11.7. The highest BCUT2D eigenvalue weighted by Crippen LogP contribution is 2.40. The second-order valence-corrected chi connectivity index (χ2v) is 16.1. The van der Waals surface area contributed by atoms with Crippen LogP contribution in [0.2, 0.25) is 18.1 Å². The maximum Gasteiger partial charge on any atom is 0.340 e. The first-order valence-electron chi connectivity index (χ1n) is 12.7. The van der Waals surface area contributed by atoms with Gasteiger partial charge in [-0.15, -0.1) is 0 Å². The molecule has 0 radical (unpaired) electrons. The molecule has 0 saturated carbocycles. The quantitative estimate of drug-likeness (QED) is 0.293. The number of hydrogen-bond donors (Lipinski definition) is 0. The molecular weight excluding hydrogens is 488 g/mol. The molecule has 2 aromatic rings. The van der Waals surface area contributed by atoms with Gasteiger partial charge >= 0.3 is 11.9 Å². The van der Waals surface area contributed by atoms with Crippen LogP contribution in [0, 0.1) is 0 Å². The molecule has 0 spiro atoms. The first-order valence-corrected chi connectivity index (χ1v) is 15.6. The summed E-state index contributed by atoms with van der Waals surface area (Å²) >= 11 is 0. The van der Waals surface area contributed by atoms with Crippen LogP contribution < -0.4 is 0 Å². The molecule has 202 valence electrons. The maximum absolute atomic E-state index is 13.2. The zero-order valence-electron chi connectivity index (χ0n) is 23.0. The number of carbonyl (C=O) groups excluding carboxylic acids is 2. The van der Waals surface area contributed by atoms with Gasteiger partial charge in [0.15, 0.2) is 20.5 Å². The van der Waals surface area contributed by atoms with Gasteiger partial charge in [0.2, 0.25) is 0 Å². The third kappa shape index (κ3) is 7.51. The summed E-state index contributed by atoms with van der Waals surface area (Å²) < 4.78 is 29.5. The van der Waals surface area contributed by atoms with Crippen LogP contribution in [0.3, 0.4) is 0 Å². The Bertz CT molecular complexity index is 1040. The second-order valence-electron chi connectivity index (χ2n) is 11.3. The molecule has 1 aliphatic heterocycles. The molecular formula is C29H40O7Si. The van der Waals surface area contributed by atoms with Crippen molar-refractivity contribution in [2.75, 3.05) is 13.7 Å². The smallest absolute Gasteiger partial charge is 0.340 e. The topological polar surface area (TPSA) is 80.3 Å². The fourth-order valence-electron chi connectivity index (χ4n) is 3.93. The van der Waals surface area contributed by atoms with E-state index in [1.165, 1.54) is 7.11 Å². The zero-order valence-corrected chi connectivity index (χ0v) is 24.0. The Balaban J connectivity index is 1.77. The highest BCUT2D eigenvalue weighted by atomic mass is 28.4. The van der Waals surface area contributed by atoms with Gasteiger partial charge in [-0.1, -0.05) is 81.4 Å². The standard InChI is InChI=1S/C29H40O7Si/c1-28(2,3)37(6,7)34-20-29(4)18-23(35-27(31)24(32-5)22-16-12-9-13-17-22)25(36-29)26(30)33-19-21-14-10-8-11-15-21/h8-17,23-25H,18-20H2,1-7H3/t23-,24-,25+,29-/m1/s1. The van der Waals surface area contributed by atoms with E-state index in [0.29, 0.717) is 12.0 Å². The number of esters is 2. The van der Waals surface area contributed by atoms with E-state index in [4.69, 9.17) is 23.4 Å². The minimum atomic E-state index is -2.07. The van der Waals surface area contributed by atoms with Crippen molar-refractivity contribution in [2.24, 2.45) is 0 Å². The van der Waals surface area contributed by atoms with Crippen LogP contribution in [0.1, 0.15) is 51.3 Å². The maximum atomic E-state index is 13.2. The lowest BCUT2D eigenvalue weighted by atomic mass is 10.0. The SMILES string of the molecule is CO[C@@H](C(=O)O[C@@H]1C[C@](C)(CO[Si](C)(C)C(C)(C)C)O[C@@H]1C(=O)OCc1ccccc1)c1ccccc1. The van der Waals surface area contributed by atoms with E-state index in [-0.39, 0.29) is 18.3 Å². The molecule has 1 heterocycles. The molecule has 7 nitrogen and oxygen atoms in total. The lowest BCUT2D eigenvalue weighted by Crippen LogP contribution is -2.45. The number of benzene rings is 2. The molecule has 2 aromatic carbocycles. The van der Waals surface area contributed by atoms with Gasteiger partial charge < -0.3 is 23.4 Å². The first-order chi connectivity index (χ1) is 17.4. The average Bonchev–Trinajstić information content (AvgIpc) is 3.19. The van der Waals surface area contributed by atoms with Gasteiger partial charge in [-0.25, -0.2) is 9.59 Å². The van der Waals surface area contributed by atoms with Gasteiger partial charge in [-0.05, 0) is 36.2 Å². The molecule has 0 unspecified atom stereocenters. The summed E-state index contributed by atoms with van der Waals surface area (Å²) in [6, 6.07) is 18.5. The van der Waals surface area contributed by atoms with Crippen LogP contribution in [0.25, 0.3) is 0 Å². The zero-order chi connectivity index (χ0) is 27.3. The van der Waals surface area contributed by atoms with Crippen molar-refractivity contribution in [3.05, 3.63) is 71.8 Å². The van der Waals surface area contributed by atoms with Crippen LogP contribution in [0.5, 0.6) is 0 Å². The van der Waals surface area contributed by atoms with Crippen molar-refractivity contribution in [3.63, 3.8) is 0 Å². The Labute approximate surface area is 221 Å². The molecule has 4 atom stereocenters. The molecule has 1 aliphatic rings. The highest BCUT2D eigenvalue weighted by Gasteiger charge is 2.51. The van der Waals surface area contributed by atoms with Crippen molar-refractivity contribution in [1.82, 2.24) is 0 Å². The lowest BCUT2D eigenvalue weighted by Gasteiger charge is -2.38. The number of methoxy groups -OCH3 is 1. The number of hydrogen-bond acceptors (Lipinski definition) is 7. The fraction of sp³-hybridized carbons (Fsp3) is 0.517. The van der Waals surface area contributed by atoms with Gasteiger partial charge in [0.1, 0.15) is 12.7 Å². The van der Waals surface area contributed by atoms with E-state index in [1.807, 2.05) is 55.5 Å². The molecule has 3 rings (SSSR count). The fourth-order valence-corrected chi connectivity index (χ4v) is 5.03. The molecule has 8 heteroatoms. The normalized spacial score (nSPS) is 22.9. The van der Waals surface area contributed by atoms with Crippen molar-refractivity contribution >= 4 is 20.3 Å². The van der Waals surface area contributed by atoms with E-state index in [2.05, 4.69) is 33.9 Å². The monoisotopic (exact) mass is 528 g/mol. The van der Waals surface area contributed by atoms with Crippen LogP contribution >= 0.6 is 0 Å². The van der Waals surface area contributed by atoms with Gasteiger partial charge in [0.25, 0.3) is 0 Å². The molecule has 0 amide bonds. The van der Waals surface area contributed by atoms with Gasteiger partial charge in [-0.2, -0.15) is 0 Å². The Kier molecular flexibility index (Phi) is 9.34. The second kappa shape index (κ2) is 11.9. The van der Waals surface area contributed by atoms with Crippen molar-refractivity contribution in [1.29, 1.82) is 0 Å². The predicted molar refractivity (Wildman–Crippen MR) is 143 cm³/mol. The Morgan fingerprint density at radius 2 is 1.65 bits per heavy atom. The van der Waals surface area contributed by atoms with Crippen LogP contribution in [-0.4, -0.2) is 51.8 Å². The van der Waals surface area contributed by atoms with E-state index < -0.39 is 44.2 Å². The summed E-state index contributed by atoms with van der Waals surface area (Å²) in [5, 5.41) is 0.0171. The van der Waals surface area contributed by atoms with Gasteiger partial charge in [-0.3, -0.25) is 0 Å². The lowest BCUT2D eigenvalue weighted by molar-refractivity contribution is -0.175. The molecule has 0 aromatic heterocycles. The number of carbonyl (C=O) groups is 2. The molecule has 1 saturated heterocycles. The molecule has 0 bridgehead atoms. The predicted octanol–water partition coefficient (Wildman–Crippen LogP) is 5.60. The van der Waals surface area contributed by atoms with Crippen LogP contribution in [-0.2, 0) is 39.6 Å². The van der Waals surface area contributed by atoms with E-state index in [0.717, 1.165) is 5.56 Å². The summed E-state index contributed by atoms with van der Waals surface area (Å²) in [4.78, 5) is 26.3. The Morgan fingerprint density at radius 3 is 2.22 bits per heavy atom. The van der Waals surface area contributed by atoms with E-state index >= 15 is 0 Å². The third-order valence-electron chi connectivity index (χ3n) is 7.20. The minimum absolute atomic E-state index is 0.0171. The molecule has 0 N–H and O–H groups in total. The van der Waals surface area contributed by atoms with Crippen LogP contribution in [0.15, 0.2) is 60.7 Å². The minimum Gasteiger partial charge on any atom is -0.459 e. The Morgan fingerprint density at radius 1 is 1.05 bits per heavy atom. The summed E-state index contributed by atoms with van der Waals surface area (Å²) in [5.74, 6) is -1.16. The van der Waals surface area contributed by atoms with Gasteiger partial charge in [0.05, 0.1) is 12.2 Å². The molecule has 0 aliphatic carbocycles. The van der Waals surface area contributed by atoms with E-state index in [9.17, 15) is 9.59 Å². The number of ether oxygens (including phenoxy) is 4. The first kappa shape index (κ1) is 29.0. The van der Waals surface area contributed by atoms with Crippen LogP contribution in [0.4, 0.5) is 0 Å².